The van der Waals surface area contributed by atoms with E-state index in [1.165, 1.54) is 0 Å². The summed E-state index contributed by atoms with van der Waals surface area (Å²) < 4.78 is 31.0. The predicted molar refractivity (Wildman–Crippen MR) is 110 cm³/mol. The summed E-state index contributed by atoms with van der Waals surface area (Å²) in [5.74, 6) is 0.973. The zero-order valence-electron chi connectivity index (χ0n) is 16.1. The van der Waals surface area contributed by atoms with Crippen LogP contribution in [-0.4, -0.2) is 43.8 Å². The highest BCUT2D eigenvalue weighted by Crippen LogP contribution is 2.27. The quantitative estimate of drug-likeness (QED) is 0.710. The van der Waals surface area contributed by atoms with E-state index in [4.69, 9.17) is 4.74 Å². The molecule has 0 radical (unpaired) electrons. The molecule has 2 heterocycles. The number of nitrogens with one attached hydrogen (secondary N) is 1. The maximum atomic E-state index is 12.5. The molecule has 7 heteroatoms. The number of nitrogens with zero attached hydrogens (tertiary/aromatic N) is 2. The second kappa shape index (κ2) is 7.56. The van der Waals surface area contributed by atoms with E-state index < -0.39 is 9.84 Å². The third-order valence-corrected chi connectivity index (χ3v) is 6.97. The first-order valence-electron chi connectivity index (χ1n) is 9.56. The van der Waals surface area contributed by atoms with Crippen molar-refractivity contribution < 1.29 is 13.2 Å². The average molecular weight is 400 g/mol. The Bertz CT molecular complexity index is 1060. The second-order valence-electron chi connectivity index (χ2n) is 7.63. The average Bonchev–Trinajstić information content (AvgIpc) is 3.11. The van der Waals surface area contributed by atoms with Crippen molar-refractivity contribution in [3.05, 3.63) is 54.1 Å². The molecule has 0 saturated carbocycles. The van der Waals surface area contributed by atoms with Crippen molar-refractivity contribution in [1.29, 1.82) is 0 Å². The lowest BCUT2D eigenvalue weighted by molar-refractivity contribution is 0.0393. The van der Waals surface area contributed by atoms with Crippen molar-refractivity contribution in [2.75, 3.05) is 30.3 Å². The normalized spacial score (nSPS) is 18.1. The fourth-order valence-electron chi connectivity index (χ4n) is 3.56. The fraction of sp³-hybridized carbons (Fsp3) is 0.381. The molecule has 1 aliphatic rings. The minimum atomic E-state index is -3.29. The number of sulfone groups is 1. The van der Waals surface area contributed by atoms with Crippen molar-refractivity contribution in [2.24, 2.45) is 5.92 Å². The molecule has 1 aromatic heterocycles. The van der Waals surface area contributed by atoms with Gasteiger partial charge in [-0.05, 0) is 29.7 Å². The van der Waals surface area contributed by atoms with Gasteiger partial charge in [0.05, 0.1) is 34.8 Å². The van der Waals surface area contributed by atoms with Crippen LogP contribution in [0, 0.1) is 5.92 Å². The molecular weight excluding hydrogens is 374 g/mol. The first-order valence-corrected chi connectivity index (χ1v) is 11.2. The van der Waals surface area contributed by atoms with Gasteiger partial charge in [0.15, 0.2) is 9.84 Å². The van der Waals surface area contributed by atoms with Gasteiger partial charge in [-0.15, -0.1) is 0 Å². The molecule has 1 unspecified atom stereocenters. The smallest absolute Gasteiger partial charge is 0.204 e. The van der Waals surface area contributed by atoms with E-state index in [1.807, 2.05) is 32.0 Å². The highest BCUT2D eigenvalue weighted by Gasteiger charge is 2.24. The van der Waals surface area contributed by atoms with Crippen LogP contribution in [-0.2, 0) is 14.6 Å². The van der Waals surface area contributed by atoms with Crippen LogP contribution in [0.3, 0.4) is 0 Å². The number of morpholine rings is 1. The van der Waals surface area contributed by atoms with Gasteiger partial charge in [0.2, 0.25) is 5.95 Å². The predicted octanol–water partition coefficient (Wildman–Crippen LogP) is 3.57. The first kappa shape index (κ1) is 19.0. The Hall–Kier alpha value is -2.38. The van der Waals surface area contributed by atoms with Gasteiger partial charge in [-0.25, -0.2) is 13.4 Å². The van der Waals surface area contributed by atoms with Gasteiger partial charge in [-0.2, -0.15) is 0 Å². The lowest BCUT2D eigenvalue weighted by Crippen LogP contribution is -2.39. The number of aromatic nitrogens is 2. The van der Waals surface area contributed by atoms with Gasteiger partial charge in [-0.1, -0.05) is 44.2 Å². The Morgan fingerprint density at radius 1 is 1.21 bits per heavy atom. The molecule has 28 heavy (non-hydrogen) atoms. The zero-order chi connectivity index (χ0) is 19.7. The third-order valence-electron chi connectivity index (χ3n) is 4.89. The molecule has 1 atom stereocenters. The lowest BCUT2D eigenvalue weighted by atomic mass is 10.1. The summed E-state index contributed by atoms with van der Waals surface area (Å²) in [5.41, 5.74) is 2.65. The van der Waals surface area contributed by atoms with E-state index in [2.05, 4.69) is 27.0 Å². The number of H-pyrrole nitrogens is 1. The SMILES string of the molecule is CC(C)CS(=O)(=O)c1ccc2nc(N3CCOC(c4ccccc4)C3)[nH]c2c1. The van der Waals surface area contributed by atoms with Crippen LogP contribution < -0.4 is 4.90 Å². The van der Waals surface area contributed by atoms with Gasteiger partial charge in [0.1, 0.15) is 6.10 Å². The number of ether oxygens (including phenoxy) is 1. The molecular formula is C21H25N3O3S. The molecule has 1 aliphatic heterocycles. The van der Waals surface area contributed by atoms with Gasteiger partial charge in [0, 0.05) is 6.54 Å². The number of hydrogen-bond acceptors (Lipinski definition) is 5. The van der Waals surface area contributed by atoms with E-state index in [1.54, 1.807) is 18.2 Å². The topological polar surface area (TPSA) is 75.3 Å². The summed E-state index contributed by atoms with van der Waals surface area (Å²) in [6, 6.07) is 15.3. The number of benzene rings is 2. The molecule has 3 aromatic rings. The third kappa shape index (κ3) is 3.91. The molecule has 1 N–H and O–H groups in total. The molecule has 148 valence electrons. The van der Waals surface area contributed by atoms with Crippen LogP contribution in [0.1, 0.15) is 25.5 Å². The van der Waals surface area contributed by atoms with Crippen LogP contribution >= 0.6 is 0 Å². The minimum Gasteiger partial charge on any atom is -0.370 e. The summed E-state index contributed by atoms with van der Waals surface area (Å²) in [6.45, 7) is 5.87. The van der Waals surface area contributed by atoms with E-state index in [9.17, 15) is 8.42 Å². The zero-order valence-corrected chi connectivity index (χ0v) is 16.9. The van der Waals surface area contributed by atoms with Gasteiger partial charge in [-0.3, -0.25) is 0 Å². The summed E-state index contributed by atoms with van der Waals surface area (Å²) in [5, 5.41) is 0. The van der Waals surface area contributed by atoms with Crippen molar-refractivity contribution in [2.45, 2.75) is 24.8 Å². The van der Waals surface area contributed by atoms with Crippen LogP contribution in [0.15, 0.2) is 53.4 Å². The van der Waals surface area contributed by atoms with Gasteiger partial charge in [0.25, 0.3) is 0 Å². The van der Waals surface area contributed by atoms with E-state index in [-0.39, 0.29) is 17.8 Å². The van der Waals surface area contributed by atoms with E-state index in [0.29, 0.717) is 18.0 Å². The van der Waals surface area contributed by atoms with Crippen molar-refractivity contribution in [3.8, 4) is 0 Å². The summed E-state index contributed by atoms with van der Waals surface area (Å²) in [6.07, 6.45) is -0.00913. The van der Waals surface area contributed by atoms with Crippen LogP contribution in [0.25, 0.3) is 11.0 Å². The number of rotatable bonds is 5. The Morgan fingerprint density at radius 2 is 2.00 bits per heavy atom. The Kier molecular flexibility index (Phi) is 5.12. The highest BCUT2D eigenvalue weighted by atomic mass is 32.2. The molecule has 1 saturated heterocycles. The first-order chi connectivity index (χ1) is 13.4. The highest BCUT2D eigenvalue weighted by molar-refractivity contribution is 7.91. The molecule has 4 rings (SSSR count). The monoisotopic (exact) mass is 399 g/mol. The number of hydrogen-bond donors (Lipinski definition) is 1. The van der Waals surface area contributed by atoms with E-state index >= 15 is 0 Å². The molecule has 6 nitrogen and oxygen atoms in total. The molecule has 1 fully saturated rings. The van der Waals surface area contributed by atoms with Crippen LogP contribution in [0.5, 0.6) is 0 Å². The molecule has 0 bridgehead atoms. The summed E-state index contributed by atoms with van der Waals surface area (Å²) >= 11 is 0. The van der Waals surface area contributed by atoms with Crippen molar-refractivity contribution in [1.82, 2.24) is 9.97 Å². The fourth-order valence-corrected chi connectivity index (χ4v) is 5.21. The van der Waals surface area contributed by atoms with Gasteiger partial charge < -0.3 is 14.6 Å². The largest absolute Gasteiger partial charge is 0.370 e. The minimum absolute atomic E-state index is 0.00913. The maximum absolute atomic E-state index is 12.5. The van der Waals surface area contributed by atoms with E-state index in [0.717, 1.165) is 29.1 Å². The van der Waals surface area contributed by atoms with Crippen LogP contribution in [0.2, 0.25) is 0 Å². The van der Waals surface area contributed by atoms with Gasteiger partial charge >= 0.3 is 0 Å². The maximum Gasteiger partial charge on any atom is 0.204 e. The standard InChI is InChI=1S/C21H25N3O3S/c1-15(2)14-28(25,26)17-8-9-18-19(12-17)23-21(22-18)24-10-11-27-20(13-24)16-6-4-3-5-7-16/h3-9,12,15,20H,10-11,13-14H2,1-2H3,(H,22,23). The second-order valence-corrected chi connectivity index (χ2v) is 9.66. The Labute approximate surface area is 165 Å². The lowest BCUT2D eigenvalue weighted by Gasteiger charge is -2.32. The van der Waals surface area contributed by atoms with Crippen molar-refractivity contribution in [3.63, 3.8) is 0 Å². The summed E-state index contributed by atoms with van der Waals surface area (Å²) in [4.78, 5) is 10.5. The van der Waals surface area contributed by atoms with Crippen molar-refractivity contribution >= 4 is 26.8 Å². The number of aromatic amines is 1. The number of imidazole rings is 1. The molecule has 0 amide bonds. The van der Waals surface area contributed by atoms with Crippen LogP contribution in [0.4, 0.5) is 5.95 Å². The summed E-state index contributed by atoms with van der Waals surface area (Å²) in [7, 11) is -3.29. The Balaban J connectivity index is 1.59. The Morgan fingerprint density at radius 3 is 2.75 bits per heavy atom. The number of anilines is 1. The molecule has 2 aromatic carbocycles. The molecule has 0 aliphatic carbocycles. The number of fused-ring (bicyclic) bond motifs is 1. The molecule has 0 spiro atoms.